The number of carbonyl (C=O) groups excluding carboxylic acids is 2. The normalized spacial score (nSPS) is 10.9. The molecule has 0 unspecified atom stereocenters. The van der Waals surface area contributed by atoms with E-state index in [1.165, 1.54) is 0 Å². The monoisotopic (exact) mass is 268 g/mol. The van der Waals surface area contributed by atoms with Crippen LogP contribution in [-0.4, -0.2) is 17.4 Å². The van der Waals surface area contributed by atoms with Crippen molar-refractivity contribution in [3.05, 3.63) is 29.3 Å². The van der Waals surface area contributed by atoms with Gasteiger partial charge in [0.1, 0.15) is 6.42 Å². The maximum Gasteiger partial charge on any atom is 0.233 e. The van der Waals surface area contributed by atoms with Crippen molar-refractivity contribution in [2.75, 3.05) is 5.32 Å². The van der Waals surface area contributed by atoms with Crippen LogP contribution < -0.4 is 10.6 Å². The Morgan fingerprint density at radius 1 is 1.11 bits per heavy atom. The number of benzene rings is 1. The second-order valence-electron chi connectivity index (χ2n) is 5.03. The van der Waals surface area contributed by atoms with Crippen LogP contribution >= 0.6 is 11.6 Å². The van der Waals surface area contributed by atoms with Crippen molar-refractivity contribution in [2.45, 2.75) is 32.7 Å². The number of anilines is 1. The second kappa shape index (κ2) is 5.87. The first-order valence-electron chi connectivity index (χ1n) is 5.63. The van der Waals surface area contributed by atoms with Crippen LogP contribution in [0, 0.1) is 0 Å². The third kappa shape index (κ3) is 5.68. The van der Waals surface area contributed by atoms with Crippen LogP contribution in [0.5, 0.6) is 0 Å². The predicted molar refractivity (Wildman–Crippen MR) is 72.6 cm³/mol. The van der Waals surface area contributed by atoms with Crippen LogP contribution in [0.4, 0.5) is 5.69 Å². The van der Waals surface area contributed by atoms with Gasteiger partial charge in [-0.2, -0.15) is 0 Å². The SMILES string of the molecule is CC(C)(C)NC(=O)CC(=O)Nc1ccc(Cl)cc1. The highest BCUT2D eigenvalue weighted by molar-refractivity contribution is 6.30. The Kier molecular flexibility index (Phi) is 4.73. The number of amides is 2. The van der Waals surface area contributed by atoms with Crippen LogP contribution in [0.3, 0.4) is 0 Å². The molecule has 0 aliphatic heterocycles. The molecule has 1 aromatic rings. The van der Waals surface area contributed by atoms with E-state index in [0.717, 1.165) is 0 Å². The summed E-state index contributed by atoms with van der Waals surface area (Å²) >= 11 is 5.73. The Bertz CT molecular complexity index is 435. The average molecular weight is 269 g/mol. The summed E-state index contributed by atoms with van der Waals surface area (Å²) in [5, 5.41) is 5.95. The smallest absolute Gasteiger partial charge is 0.233 e. The molecule has 0 bridgehead atoms. The van der Waals surface area contributed by atoms with Gasteiger partial charge in [0.25, 0.3) is 0 Å². The van der Waals surface area contributed by atoms with Gasteiger partial charge in [-0.25, -0.2) is 0 Å². The lowest BCUT2D eigenvalue weighted by molar-refractivity contribution is -0.127. The van der Waals surface area contributed by atoms with Gasteiger partial charge in [-0.05, 0) is 45.0 Å². The maximum absolute atomic E-state index is 11.6. The molecule has 0 atom stereocenters. The first-order chi connectivity index (χ1) is 8.26. The first kappa shape index (κ1) is 14.5. The van der Waals surface area contributed by atoms with E-state index in [1.54, 1.807) is 24.3 Å². The molecule has 5 heteroatoms. The Morgan fingerprint density at radius 2 is 1.67 bits per heavy atom. The molecule has 0 aliphatic rings. The Labute approximate surface area is 112 Å². The van der Waals surface area contributed by atoms with E-state index >= 15 is 0 Å². The van der Waals surface area contributed by atoms with Gasteiger partial charge in [0.05, 0.1) is 0 Å². The summed E-state index contributed by atoms with van der Waals surface area (Å²) in [7, 11) is 0. The molecule has 0 aromatic heterocycles. The number of hydrogen-bond acceptors (Lipinski definition) is 2. The molecule has 1 rings (SSSR count). The molecule has 0 saturated carbocycles. The lowest BCUT2D eigenvalue weighted by Crippen LogP contribution is -2.41. The van der Waals surface area contributed by atoms with Crippen molar-refractivity contribution in [3.63, 3.8) is 0 Å². The lowest BCUT2D eigenvalue weighted by Gasteiger charge is -2.20. The summed E-state index contributed by atoms with van der Waals surface area (Å²) in [5.74, 6) is -0.645. The predicted octanol–water partition coefficient (Wildman–Crippen LogP) is 2.58. The minimum Gasteiger partial charge on any atom is -0.351 e. The van der Waals surface area contributed by atoms with Crippen molar-refractivity contribution in [3.8, 4) is 0 Å². The van der Waals surface area contributed by atoms with E-state index in [0.29, 0.717) is 10.7 Å². The number of rotatable bonds is 3. The van der Waals surface area contributed by atoms with Gasteiger partial charge in [0.15, 0.2) is 0 Å². The van der Waals surface area contributed by atoms with Gasteiger partial charge in [0.2, 0.25) is 11.8 Å². The summed E-state index contributed by atoms with van der Waals surface area (Å²) in [6.45, 7) is 5.59. The number of carbonyl (C=O) groups is 2. The van der Waals surface area contributed by atoms with E-state index < -0.39 is 0 Å². The number of nitrogens with one attached hydrogen (secondary N) is 2. The van der Waals surface area contributed by atoms with E-state index in [2.05, 4.69) is 10.6 Å². The van der Waals surface area contributed by atoms with Gasteiger partial charge >= 0.3 is 0 Å². The molecular weight excluding hydrogens is 252 g/mol. The molecule has 0 aliphatic carbocycles. The van der Waals surface area contributed by atoms with Gasteiger partial charge in [-0.15, -0.1) is 0 Å². The van der Waals surface area contributed by atoms with Gasteiger partial charge < -0.3 is 10.6 Å². The number of hydrogen-bond donors (Lipinski definition) is 2. The molecule has 2 N–H and O–H groups in total. The Morgan fingerprint density at radius 3 is 2.17 bits per heavy atom. The molecule has 0 fully saturated rings. The summed E-state index contributed by atoms with van der Waals surface area (Å²) in [6, 6.07) is 6.71. The first-order valence-corrected chi connectivity index (χ1v) is 6.00. The Hall–Kier alpha value is -1.55. The topological polar surface area (TPSA) is 58.2 Å². The quantitative estimate of drug-likeness (QED) is 0.828. The minimum absolute atomic E-state index is 0.195. The van der Waals surface area contributed by atoms with E-state index in [1.807, 2.05) is 20.8 Å². The van der Waals surface area contributed by atoms with Crippen LogP contribution in [0.1, 0.15) is 27.2 Å². The van der Waals surface area contributed by atoms with E-state index in [9.17, 15) is 9.59 Å². The molecular formula is C13H17ClN2O2. The molecule has 2 amide bonds. The van der Waals surface area contributed by atoms with E-state index in [-0.39, 0.29) is 23.8 Å². The fourth-order valence-corrected chi connectivity index (χ4v) is 1.47. The molecule has 0 saturated heterocycles. The lowest BCUT2D eigenvalue weighted by atomic mass is 10.1. The third-order valence-corrected chi connectivity index (χ3v) is 2.22. The summed E-state index contributed by atoms with van der Waals surface area (Å²) < 4.78 is 0. The standard InChI is InChI=1S/C13H17ClN2O2/c1-13(2,3)16-12(18)8-11(17)15-10-6-4-9(14)5-7-10/h4-7H,8H2,1-3H3,(H,15,17)(H,16,18). The molecule has 0 spiro atoms. The van der Waals surface area contributed by atoms with Crippen LogP contribution in [0.15, 0.2) is 24.3 Å². The molecule has 98 valence electrons. The highest BCUT2D eigenvalue weighted by Crippen LogP contribution is 2.13. The molecule has 0 heterocycles. The van der Waals surface area contributed by atoms with Gasteiger partial charge in [0, 0.05) is 16.2 Å². The summed E-state index contributed by atoms with van der Waals surface area (Å²) in [4.78, 5) is 23.1. The van der Waals surface area contributed by atoms with Crippen molar-refractivity contribution in [2.24, 2.45) is 0 Å². The summed E-state index contributed by atoms with van der Waals surface area (Å²) in [5.41, 5.74) is 0.283. The highest BCUT2D eigenvalue weighted by atomic mass is 35.5. The van der Waals surface area contributed by atoms with Gasteiger partial charge in [-0.1, -0.05) is 11.6 Å². The summed E-state index contributed by atoms with van der Waals surface area (Å²) in [6.07, 6.45) is -0.195. The van der Waals surface area contributed by atoms with Crippen LogP contribution in [-0.2, 0) is 9.59 Å². The van der Waals surface area contributed by atoms with E-state index in [4.69, 9.17) is 11.6 Å². The van der Waals surface area contributed by atoms with Crippen LogP contribution in [0.2, 0.25) is 5.02 Å². The largest absolute Gasteiger partial charge is 0.351 e. The highest BCUT2D eigenvalue weighted by Gasteiger charge is 2.16. The fraction of sp³-hybridized carbons (Fsp3) is 0.385. The van der Waals surface area contributed by atoms with Crippen molar-refractivity contribution in [1.29, 1.82) is 0 Å². The van der Waals surface area contributed by atoms with Crippen molar-refractivity contribution >= 4 is 29.1 Å². The number of halogens is 1. The zero-order valence-electron chi connectivity index (χ0n) is 10.7. The Balaban J connectivity index is 2.47. The molecule has 18 heavy (non-hydrogen) atoms. The molecule has 1 aromatic carbocycles. The third-order valence-electron chi connectivity index (χ3n) is 1.96. The maximum atomic E-state index is 11.6. The van der Waals surface area contributed by atoms with Crippen molar-refractivity contribution < 1.29 is 9.59 Å². The van der Waals surface area contributed by atoms with Gasteiger partial charge in [-0.3, -0.25) is 9.59 Å². The van der Waals surface area contributed by atoms with Crippen LogP contribution in [0.25, 0.3) is 0 Å². The minimum atomic E-state index is -0.348. The average Bonchev–Trinajstić information content (AvgIpc) is 2.18. The fourth-order valence-electron chi connectivity index (χ4n) is 1.35. The second-order valence-corrected chi connectivity index (χ2v) is 5.47. The van der Waals surface area contributed by atoms with Crippen molar-refractivity contribution in [1.82, 2.24) is 5.32 Å². The molecule has 0 radical (unpaired) electrons. The molecule has 4 nitrogen and oxygen atoms in total. The zero-order valence-corrected chi connectivity index (χ0v) is 11.5. The zero-order chi connectivity index (χ0) is 13.8.